The van der Waals surface area contributed by atoms with Crippen LogP contribution in [0, 0.1) is 5.82 Å². The Bertz CT molecular complexity index is 433. The number of benzene rings is 1. The van der Waals surface area contributed by atoms with E-state index in [1.807, 2.05) is 11.8 Å². The number of halogens is 1. The fraction of sp³-hybridized carbons (Fsp3) is 0.462. The largest absolute Gasteiger partial charge is 0.366 e. The molecular weight excluding hydrogens is 251 g/mol. The van der Waals surface area contributed by atoms with Crippen LogP contribution in [0.3, 0.4) is 0 Å². The molecule has 0 aliphatic carbocycles. The highest BCUT2D eigenvalue weighted by Crippen LogP contribution is 2.25. The normalized spacial score (nSPS) is 19.1. The Labute approximate surface area is 110 Å². The summed E-state index contributed by atoms with van der Waals surface area (Å²) in [5.41, 5.74) is 5.87. The van der Waals surface area contributed by atoms with E-state index in [2.05, 4.69) is 5.32 Å². The van der Waals surface area contributed by atoms with Gasteiger partial charge < -0.3 is 11.1 Å². The predicted molar refractivity (Wildman–Crippen MR) is 72.1 cm³/mol. The van der Waals surface area contributed by atoms with Crippen molar-refractivity contribution >= 4 is 17.7 Å². The SMILES string of the molecule is NC(=O)c1ccc(CNCC2CCCS2)c(F)c1. The third-order valence-corrected chi connectivity index (χ3v) is 4.45. The average molecular weight is 268 g/mol. The Hall–Kier alpha value is -1.07. The molecule has 0 bridgehead atoms. The van der Waals surface area contributed by atoms with Gasteiger partial charge >= 0.3 is 0 Å². The highest BCUT2D eigenvalue weighted by molar-refractivity contribution is 8.00. The van der Waals surface area contributed by atoms with Crippen LogP contribution < -0.4 is 11.1 Å². The number of nitrogens with one attached hydrogen (secondary N) is 1. The number of thioether (sulfide) groups is 1. The molecule has 3 N–H and O–H groups in total. The highest BCUT2D eigenvalue weighted by Gasteiger charge is 2.15. The quantitative estimate of drug-likeness (QED) is 0.857. The van der Waals surface area contributed by atoms with Crippen LogP contribution in [0.1, 0.15) is 28.8 Å². The van der Waals surface area contributed by atoms with Crippen molar-refractivity contribution in [3.8, 4) is 0 Å². The summed E-state index contributed by atoms with van der Waals surface area (Å²) in [5, 5.41) is 3.91. The molecule has 98 valence electrons. The van der Waals surface area contributed by atoms with Gasteiger partial charge in [-0.15, -0.1) is 0 Å². The zero-order valence-corrected chi connectivity index (χ0v) is 10.9. The number of hydrogen-bond acceptors (Lipinski definition) is 3. The Morgan fingerprint density at radius 1 is 1.56 bits per heavy atom. The standard InChI is InChI=1S/C13H17FN2OS/c14-12-6-9(13(15)17)3-4-10(12)7-16-8-11-2-1-5-18-11/h3-4,6,11,16H,1-2,5,7-8H2,(H2,15,17). The number of carbonyl (C=O) groups excluding carboxylic acids is 1. The molecule has 2 rings (SSSR count). The number of rotatable bonds is 5. The van der Waals surface area contributed by atoms with Gasteiger partial charge in [0.1, 0.15) is 5.82 Å². The average Bonchev–Trinajstić information content (AvgIpc) is 2.84. The van der Waals surface area contributed by atoms with E-state index in [1.54, 1.807) is 12.1 Å². The zero-order chi connectivity index (χ0) is 13.0. The minimum Gasteiger partial charge on any atom is -0.366 e. The van der Waals surface area contributed by atoms with Crippen LogP contribution in [0.15, 0.2) is 18.2 Å². The molecule has 1 saturated heterocycles. The lowest BCUT2D eigenvalue weighted by Crippen LogP contribution is -2.23. The lowest BCUT2D eigenvalue weighted by molar-refractivity contribution is 0.1000. The molecule has 0 aromatic heterocycles. The van der Waals surface area contributed by atoms with E-state index in [0.717, 1.165) is 6.54 Å². The maximum Gasteiger partial charge on any atom is 0.248 e. The molecule has 18 heavy (non-hydrogen) atoms. The third-order valence-electron chi connectivity index (χ3n) is 3.05. The van der Waals surface area contributed by atoms with E-state index >= 15 is 0 Å². The van der Waals surface area contributed by atoms with Crippen molar-refractivity contribution in [3.63, 3.8) is 0 Å². The molecule has 5 heteroatoms. The van der Waals surface area contributed by atoms with E-state index in [1.165, 1.54) is 24.7 Å². The first kappa shape index (κ1) is 13.4. The van der Waals surface area contributed by atoms with Gasteiger partial charge in [-0.3, -0.25) is 4.79 Å². The van der Waals surface area contributed by atoms with Crippen LogP contribution in [0.5, 0.6) is 0 Å². The smallest absolute Gasteiger partial charge is 0.248 e. The first-order chi connectivity index (χ1) is 8.66. The summed E-state index contributed by atoms with van der Waals surface area (Å²) >= 11 is 1.97. The Balaban J connectivity index is 1.87. The minimum atomic E-state index is -0.601. The molecule has 1 fully saturated rings. The monoisotopic (exact) mass is 268 g/mol. The van der Waals surface area contributed by atoms with Gasteiger partial charge in [0.05, 0.1) is 0 Å². The van der Waals surface area contributed by atoms with Crippen molar-refractivity contribution in [1.82, 2.24) is 5.32 Å². The van der Waals surface area contributed by atoms with Crippen molar-refractivity contribution < 1.29 is 9.18 Å². The summed E-state index contributed by atoms with van der Waals surface area (Å²) < 4.78 is 13.7. The molecular formula is C13H17FN2OS. The number of amides is 1. The Morgan fingerprint density at radius 3 is 3.00 bits per heavy atom. The summed E-state index contributed by atoms with van der Waals surface area (Å²) in [5.74, 6) is 0.252. The van der Waals surface area contributed by atoms with Gasteiger partial charge in [0.15, 0.2) is 0 Å². The molecule has 1 aromatic carbocycles. The van der Waals surface area contributed by atoms with Crippen molar-refractivity contribution in [2.75, 3.05) is 12.3 Å². The van der Waals surface area contributed by atoms with Gasteiger partial charge in [0.2, 0.25) is 5.91 Å². The number of primary amides is 1. The molecule has 1 aromatic rings. The van der Waals surface area contributed by atoms with E-state index in [9.17, 15) is 9.18 Å². The maximum absolute atomic E-state index is 13.7. The van der Waals surface area contributed by atoms with Crippen LogP contribution >= 0.6 is 11.8 Å². The number of nitrogens with two attached hydrogens (primary N) is 1. The van der Waals surface area contributed by atoms with E-state index in [0.29, 0.717) is 17.4 Å². The van der Waals surface area contributed by atoms with Gasteiger partial charge in [0, 0.05) is 29.5 Å². The molecule has 1 aliphatic heterocycles. The second-order valence-corrected chi connectivity index (χ2v) is 5.84. The minimum absolute atomic E-state index is 0.211. The van der Waals surface area contributed by atoms with Gasteiger partial charge in [-0.05, 0) is 30.7 Å². The van der Waals surface area contributed by atoms with Gasteiger partial charge in [0.25, 0.3) is 0 Å². The molecule has 1 aliphatic rings. The first-order valence-corrected chi connectivity index (χ1v) is 7.12. The van der Waals surface area contributed by atoms with Crippen molar-refractivity contribution in [3.05, 3.63) is 35.1 Å². The van der Waals surface area contributed by atoms with Crippen molar-refractivity contribution in [2.45, 2.75) is 24.6 Å². The summed E-state index contributed by atoms with van der Waals surface area (Å²) in [7, 11) is 0. The Kier molecular flexibility index (Phi) is 4.60. The fourth-order valence-electron chi connectivity index (χ4n) is 2.02. The van der Waals surface area contributed by atoms with E-state index in [4.69, 9.17) is 5.73 Å². The van der Waals surface area contributed by atoms with Crippen LogP contribution in [-0.2, 0) is 6.54 Å². The zero-order valence-electron chi connectivity index (χ0n) is 10.1. The summed E-state index contributed by atoms with van der Waals surface area (Å²) in [6.45, 7) is 1.39. The number of carbonyl (C=O) groups is 1. The van der Waals surface area contributed by atoms with Crippen LogP contribution in [0.4, 0.5) is 4.39 Å². The first-order valence-electron chi connectivity index (χ1n) is 6.07. The number of hydrogen-bond donors (Lipinski definition) is 2. The van der Waals surface area contributed by atoms with Gasteiger partial charge in [-0.2, -0.15) is 11.8 Å². The lowest BCUT2D eigenvalue weighted by atomic mass is 10.1. The van der Waals surface area contributed by atoms with Crippen LogP contribution in [0.25, 0.3) is 0 Å². The summed E-state index contributed by atoms with van der Waals surface area (Å²) in [6.07, 6.45) is 2.51. The second kappa shape index (κ2) is 6.20. The van der Waals surface area contributed by atoms with E-state index < -0.39 is 5.91 Å². The van der Waals surface area contributed by atoms with Crippen LogP contribution in [-0.4, -0.2) is 23.5 Å². The van der Waals surface area contributed by atoms with Crippen molar-refractivity contribution in [1.29, 1.82) is 0 Å². The van der Waals surface area contributed by atoms with Gasteiger partial charge in [-0.1, -0.05) is 6.07 Å². The highest BCUT2D eigenvalue weighted by atomic mass is 32.2. The molecule has 3 nitrogen and oxygen atoms in total. The van der Waals surface area contributed by atoms with E-state index in [-0.39, 0.29) is 11.4 Å². The second-order valence-electron chi connectivity index (χ2n) is 4.44. The fourth-order valence-corrected chi connectivity index (χ4v) is 3.25. The predicted octanol–water partition coefficient (Wildman–Crippen LogP) is 1.91. The lowest BCUT2D eigenvalue weighted by Gasteiger charge is -2.10. The summed E-state index contributed by atoms with van der Waals surface area (Å²) in [4.78, 5) is 10.9. The summed E-state index contributed by atoms with van der Waals surface area (Å²) in [6, 6.07) is 4.38. The topological polar surface area (TPSA) is 55.1 Å². The molecule has 1 unspecified atom stereocenters. The van der Waals surface area contributed by atoms with Crippen molar-refractivity contribution in [2.24, 2.45) is 5.73 Å². The molecule has 1 amide bonds. The molecule has 0 radical (unpaired) electrons. The van der Waals surface area contributed by atoms with Gasteiger partial charge in [-0.25, -0.2) is 4.39 Å². The third kappa shape index (κ3) is 3.46. The Morgan fingerprint density at radius 2 is 2.39 bits per heavy atom. The molecule has 1 atom stereocenters. The molecule has 1 heterocycles. The molecule has 0 saturated carbocycles. The maximum atomic E-state index is 13.7. The van der Waals surface area contributed by atoms with Crippen LogP contribution in [0.2, 0.25) is 0 Å². The molecule has 0 spiro atoms.